The molecule has 0 atom stereocenters. The fourth-order valence-corrected chi connectivity index (χ4v) is 0.800. The van der Waals surface area contributed by atoms with E-state index in [9.17, 15) is 4.79 Å². The summed E-state index contributed by atoms with van der Waals surface area (Å²) < 4.78 is 5.65. The number of aromatic nitrogens is 2. The molecule has 1 rings (SSSR count). The van der Waals surface area contributed by atoms with Crippen LogP contribution in [0.5, 0.6) is 0 Å². The minimum atomic E-state index is -0.476. The molecule has 0 aliphatic rings. The maximum absolute atomic E-state index is 10.8. The van der Waals surface area contributed by atoms with Crippen molar-refractivity contribution < 1.29 is 4.52 Å². The first-order valence-electron chi connectivity index (χ1n) is 3.57. The fourth-order valence-electron chi connectivity index (χ4n) is 0.800. The Labute approximate surface area is 63.8 Å². The van der Waals surface area contributed by atoms with E-state index in [1.807, 2.05) is 6.92 Å². The normalized spacial score (nSPS) is 10.3. The monoisotopic (exact) mass is 157 g/mol. The predicted octanol–water partition coefficient (Wildman–Crippen LogP) is 0.219. The maximum Gasteiger partial charge on any atom is 0.443 e. The number of nitrogens with zero attached hydrogens (tertiary/aromatic N) is 2. The van der Waals surface area contributed by atoms with Crippen LogP contribution < -0.4 is 11.5 Å². The summed E-state index contributed by atoms with van der Waals surface area (Å²) in [6.45, 7) is 2.62. The molecule has 0 aliphatic carbocycles. The van der Waals surface area contributed by atoms with Crippen molar-refractivity contribution in [3.63, 3.8) is 0 Å². The zero-order valence-electron chi connectivity index (χ0n) is 6.41. The first kappa shape index (κ1) is 7.84. The van der Waals surface area contributed by atoms with E-state index >= 15 is 0 Å². The molecule has 0 unspecified atom stereocenters. The first-order chi connectivity index (χ1) is 5.25. The SMILES string of the molecule is CCCCn1c(N)noc1=O. The van der Waals surface area contributed by atoms with Gasteiger partial charge in [-0.3, -0.25) is 4.52 Å². The molecule has 0 saturated heterocycles. The lowest BCUT2D eigenvalue weighted by Crippen LogP contribution is -2.16. The average Bonchev–Trinajstić information content (AvgIpc) is 2.29. The van der Waals surface area contributed by atoms with Crippen LogP contribution in [0, 0.1) is 0 Å². The molecule has 0 radical (unpaired) electrons. The van der Waals surface area contributed by atoms with E-state index in [1.165, 1.54) is 4.57 Å². The van der Waals surface area contributed by atoms with Crippen molar-refractivity contribution in [1.82, 2.24) is 9.72 Å². The summed E-state index contributed by atoms with van der Waals surface area (Å²) in [6, 6.07) is 0. The van der Waals surface area contributed by atoms with Gasteiger partial charge in [0.25, 0.3) is 0 Å². The Bertz CT molecular complexity index is 276. The third-order valence-corrected chi connectivity index (χ3v) is 1.45. The standard InChI is InChI=1S/C6H11N3O2/c1-2-3-4-9-5(7)8-11-6(9)10/h2-4H2,1H3,(H2,7,8). The van der Waals surface area contributed by atoms with Gasteiger partial charge in [0.2, 0.25) is 5.95 Å². The molecule has 62 valence electrons. The van der Waals surface area contributed by atoms with Crippen LogP contribution in [0.4, 0.5) is 5.95 Å². The minimum absolute atomic E-state index is 0.156. The lowest BCUT2D eigenvalue weighted by molar-refractivity contribution is 0.375. The first-order valence-corrected chi connectivity index (χ1v) is 3.57. The molecule has 0 fully saturated rings. The molecule has 0 bridgehead atoms. The van der Waals surface area contributed by atoms with Gasteiger partial charge < -0.3 is 5.73 Å². The number of anilines is 1. The molecule has 0 amide bonds. The van der Waals surface area contributed by atoms with Gasteiger partial charge in [0.1, 0.15) is 0 Å². The quantitative estimate of drug-likeness (QED) is 0.681. The average molecular weight is 157 g/mol. The number of rotatable bonds is 3. The molecule has 1 aromatic rings. The highest BCUT2D eigenvalue weighted by molar-refractivity contribution is 5.11. The van der Waals surface area contributed by atoms with Crippen molar-refractivity contribution in [3.05, 3.63) is 10.6 Å². The topological polar surface area (TPSA) is 74.1 Å². The van der Waals surface area contributed by atoms with Gasteiger partial charge >= 0.3 is 5.76 Å². The number of nitrogen functional groups attached to an aromatic ring is 1. The summed E-state index contributed by atoms with van der Waals surface area (Å²) in [4.78, 5) is 10.8. The molecule has 11 heavy (non-hydrogen) atoms. The summed E-state index contributed by atoms with van der Waals surface area (Å²) in [5, 5.41) is 3.32. The van der Waals surface area contributed by atoms with E-state index in [0.29, 0.717) is 6.54 Å². The smallest absolute Gasteiger partial charge is 0.367 e. The highest BCUT2D eigenvalue weighted by Crippen LogP contribution is 1.96. The molecule has 5 heteroatoms. The van der Waals surface area contributed by atoms with Crippen LogP contribution >= 0.6 is 0 Å². The summed E-state index contributed by atoms with van der Waals surface area (Å²) in [7, 11) is 0. The van der Waals surface area contributed by atoms with Crippen LogP contribution in [0.3, 0.4) is 0 Å². The van der Waals surface area contributed by atoms with Gasteiger partial charge in [0.05, 0.1) is 0 Å². The van der Waals surface area contributed by atoms with Crippen LogP contribution in [0.15, 0.2) is 9.32 Å². The lowest BCUT2D eigenvalue weighted by atomic mass is 10.3. The molecule has 0 aromatic carbocycles. The molecule has 5 nitrogen and oxygen atoms in total. The maximum atomic E-state index is 10.8. The van der Waals surface area contributed by atoms with Crippen LogP contribution in [0.25, 0.3) is 0 Å². The molecule has 0 saturated carbocycles. The number of hydrogen-bond donors (Lipinski definition) is 1. The largest absolute Gasteiger partial charge is 0.443 e. The van der Waals surface area contributed by atoms with E-state index in [0.717, 1.165) is 12.8 Å². The fraction of sp³-hybridized carbons (Fsp3) is 0.667. The Morgan fingerprint density at radius 2 is 2.45 bits per heavy atom. The second-order valence-corrected chi connectivity index (χ2v) is 2.31. The van der Waals surface area contributed by atoms with Crippen LogP contribution in [-0.4, -0.2) is 9.72 Å². The van der Waals surface area contributed by atoms with Crippen molar-refractivity contribution >= 4 is 5.95 Å². The van der Waals surface area contributed by atoms with Crippen molar-refractivity contribution in [2.75, 3.05) is 5.73 Å². The number of hydrogen-bond acceptors (Lipinski definition) is 4. The van der Waals surface area contributed by atoms with E-state index in [-0.39, 0.29) is 5.95 Å². The van der Waals surface area contributed by atoms with Gasteiger partial charge in [-0.15, -0.1) is 0 Å². The van der Waals surface area contributed by atoms with Crippen molar-refractivity contribution in [2.45, 2.75) is 26.3 Å². The van der Waals surface area contributed by atoms with Crippen LogP contribution in [0.2, 0.25) is 0 Å². The third kappa shape index (κ3) is 1.60. The molecular weight excluding hydrogens is 146 g/mol. The Balaban J connectivity index is 2.75. The van der Waals surface area contributed by atoms with E-state index < -0.39 is 5.76 Å². The van der Waals surface area contributed by atoms with Crippen LogP contribution in [0.1, 0.15) is 19.8 Å². The van der Waals surface area contributed by atoms with Crippen molar-refractivity contribution in [1.29, 1.82) is 0 Å². The summed E-state index contributed by atoms with van der Waals surface area (Å²) in [5.74, 6) is -0.320. The third-order valence-electron chi connectivity index (χ3n) is 1.45. The van der Waals surface area contributed by atoms with Crippen LogP contribution in [-0.2, 0) is 6.54 Å². The summed E-state index contributed by atoms with van der Waals surface area (Å²) in [6.07, 6.45) is 1.92. The number of unbranched alkanes of at least 4 members (excludes halogenated alkanes) is 1. The van der Waals surface area contributed by atoms with E-state index in [4.69, 9.17) is 5.73 Å². The minimum Gasteiger partial charge on any atom is -0.367 e. The molecule has 1 heterocycles. The van der Waals surface area contributed by atoms with Gasteiger partial charge in [-0.05, 0) is 11.6 Å². The second-order valence-electron chi connectivity index (χ2n) is 2.31. The van der Waals surface area contributed by atoms with Crippen molar-refractivity contribution in [2.24, 2.45) is 0 Å². The second kappa shape index (κ2) is 3.23. The molecule has 1 aromatic heterocycles. The Kier molecular flexibility index (Phi) is 2.30. The van der Waals surface area contributed by atoms with E-state index in [2.05, 4.69) is 9.68 Å². The van der Waals surface area contributed by atoms with Gasteiger partial charge in [0.15, 0.2) is 0 Å². The Morgan fingerprint density at radius 3 is 2.91 bits per heavy atom. The Hall–Kier alpha value is -1.26. The molecular formula is C6H11N3O2. The van der Waals surface area contributed by atoms with E-state index in [1.54, 1.807) is 0 Å². The molecule has 0 spiro atoms. The summed E-state index contributed by atoms with van der Waals surface area (Å²) >= 11 is 0. The van der Waals surface area contributed by atoms with Gasteiger partial charge in [-0.1, -0.05) is 13.3 Å². The van der Waals surface area contributed by atoms with Gasteiger partial charge in [-0.2, -0.15) is 0 Å². The highest BCUT2D eigenvalue weighted by Gasteiger charge is 2.04. The van der Waals surface area contributed by atoms with Gasteiger partial charge in [-0.25, -0.2) is 9.36 Å². The number of nitrogens with two attached hydrogens (primary N) is 1. The molecule has 0 aliphatic heterocycles. The zero-order valence-corrected chi connectivity index (χ0v) is 6.41. The molecule has 2 N–H and O–H groups in total. The summed E-state index contributed by atoms with van der Waals surface area (Å²) in [5.41, 5.74) is 5.34. The lowest BCUT2D eigenvalue weighted by Gasteiger charge is -1.96. The predicted molar refractivity (Wildman–Crippen MR) is 40.1 cm³/mol. The van der Waals surface area contributed by atoms with Gasteiger partial charge in [0, 0.05) is 6.54 Å². The van der Waals surface area contributed by atoms with Crippen molar-refractivity contribution in [3.8, 4) is 0 Å². The highest BCUT2D eigenvalue weighted by atomic mass is 16.5. The Morgan fingerprint density at radius 1 is 1.73 bits per heavy atom. The zero-order chi connectivity index (χ0) is 8.27.